The van der Waals surface area contributed by atoms with Gasteiger partial charge in [-0.15, -0.1) is 0 Å². The Morgan fingerprint density at radius 3 is 2.67 bits per heavy atom. The summed E-state index contributed by atoms with van der Waals surface area (Å²) in [5, 5.41) is 9.40. The Balaban J connectivity index is 1.85. The normalized spacial score (nSPS) is 14.3. The first-order chi connectivity index (χ1) is 10.3. The number of rotatable bonds is 3. The van der Waals surface area contributed by atoms with Gasteiger partial charge in [-0.25, -0.2) is 4.39 Å². The molecule has 1 heterocycles. The summed E-state index contributed by atoms with van der Waals surface area (Å²) >= 11 is 0. The van der Waals surface area contributed by atoms with Crippen LogP contribution >= 0.6 is 0 Å². The Morgan fingerprint density at radius 2 is 1.90 bits per heavy atom. The van der Waals surface area contributed by atoms with Gasteiger partial charge < -0.3 is 9.47 Å². The summed E-state index contributed by atoms with van der Waals surface area (Å²) in [4.78, 5) is 0. The van der Waals surface area contributed by atoms with E-state index < -0.39 is 0 Å². The molecular weight excluding hydrogens is 269 g/mol. The van der Waals surface area contributed by atoms with Crippen molar-refractivity contribution in [3.63, 3.8) is 0 Å². The number of hydrogen-bond donors (Lipinski definition) is 0. The monoisotopic (exact) mass is 283 g/mol. The molecule has 0 aromatic heterocycles. The first-order valence-electron chi connectivity index (χ1n) is 6.80. The van der Waals surface area contributed by atoms with E-state index >= 15 is 0 Å². The quantitative estimate of drug-likeness (QED) is 0.866. The highest BCUT2D eigenvalue weighted by atomic mass is 19.1. The van der Waals surface area contributed by atoms with Gasteiger partial charge in [0.25, 0.3) is 0 Å². The fourth-order valence-corrected chi connectivity index (χ4v) is 2.41. The Labute approximate surface area is 122 Å². The summed E-state index contributed by atoms with van der Waals surface area (Å²) in [7, 11) is 0. The van der Waals surface area contributed by atoms with Crippen molar-refractivity contribution in [3.05, 3.63) is 59.4 Å². The fourth-order valence-electron chi connectivity index (χ4n) is 2.41. The third-order valence-electron chi connectivity index (χ3n) is 3.45. The van der Waals surface area contributed by atoms with E-state index in [4.69, 9.17) is 9.47 Å². The molecule has 0 N–H and O–H groups in total. The molecule has 0 saturated heterocycles. The summed E-state index contributed by atoms with van der Waals surface area (Å²) in [6.07, 6.45) is 0.466. The number of benzene rings is 2. The lowest BCUT2D eigenvalue weighted by Gasteiger charge is -2.20. The number of halogens is 1. The van der Waals surface area contributed by atoms with Crippen LogP contribution in [0.3, 0.4) is 0 Å². The number of nitrogens with zero attached hydrogens (tertiary/aromatic N) is 1. The van der Waals surface area contributed by atoms with Crippen LogP contribution < -0.4 is 9.47 Å². The van der Waals surface area contributed by atoms with E-state index in [0.717, 1.165) is 11.1 Å². The molecule has 4 heteroatoms. The lowest BCUT2D eigenvalue weighted by molar-refractivity contribution is 0.171. The Kier molecular flexibility index (Phi) is 3.74. The van der Waals surface area contributed by atoms with Gasteiger partial charge in [-0.3, -0.25) is 0 Å². The van der Waals surface area contributed by atoms with Crippen LogP contribution in [-0.4, -0.2) is 13.2 Å². The average Bonchev–Trinajstić information content (AvgIpc) is 2.52. The largest absolute Gasteiger partial charge is 0.486 e. The molecule has 0 amide bonds. The van der Waals surface area contributed by atoms with E-state index in [-0.39, 0.29) is 11.7 Å². The summed E-state index contributed by atoms with van der Waals surface area (Å²) in [6, 6.07) is 14.1. The van der Waals surface area contributed by atoms with Crippen molar-refractivity contribution >= 4 is 0 Å². The van der Waals surface area contributed by atoms with Gasteiger partial charge in [-0.1, -0.05) is 18.2 Å². The van der Waals surface area contributed by atoms with E-state index in [1.165, 1.54) is 12.1 Å². The van der Waals surface area contributed by atoms with Crippen LogP contribution in [0.25, 0.3) is 0 Å². The van der Waals surface area contributed by atoms with Crippen LogP contribution in [-0.2, 0) is 6.42 Å². The molecular formula is C17H14FNO2. The van der Waals surface area contributed by atoms with Gasteiger partial charge in [0, 0.05) is 0 Å². The van der Waals surface area contributed by atoms with E-state index in [1.54, 1.807) is 6.07 Å². The average molecular weight is 283 g/mol. The molecule has 106 valence electrons. The van der Waals surface area contributed by atoms with Gasteiger partial charge >= 0.3 is 0 Å². The highest BCUT2D eigenvalue weighted by Gasteiger charge is 2.17. The van der Waals surface area contributed by atoms with Gasteiger partial charge in [0.15, 0.2) is 11.5 Å². The SMILES string of the molecule is N#CC(Cc1cccc(F)c1)c1ccc2c(c1)OCCO2. The first-order valence-corrected chi connectivity index (χ1v) is 6.80. The van der Waals surface area contributed by atoms with E-state index in [1.807, 2.05) is 24.3 Å². The van der Waals surface area contributed by atoms with Crippen molar-refractivity contribution in [1.82, 2.24) is 0 Å². The maximum absolute atomic E-state index is 13.2. The van der Waals surface area contributed by atoms with Gasteiger partial charge in [0.1, 0.15) is 19.0 Å². The van der Waals surface area contributed by atoms with Crippen LogP contribution in [0.2, 0.25) is 0 Å². The third-order valence-corrected chi connectivity index (χ3v) is 3.45. The molecule has 1 atom stereocenters. The molecule has 3 nitrogen and oxygen atoms in total. The van der Waals surface area contributed by atoms with E-state index in [0.29, 0.717) is 31.1 Å². The van der Waals surface area contributed by atoms with Gasteiger partial charge in [-0.05, 0) is 41.8 Å². The molecule has 1 unspecified atom stereocenters. The molecule has 0 fully saturated rings. The Hall–Kier alpha value is -2.54. The molecule has 0 bridgehead atoms. The van der Waals surface area contributed by atoms with Crippen LogP contribution in [0, 0.1) is 17.1 Å². The predicted molar refractivity (Wildman–Crippen MR) is 75.9 cm³/mol. The van der Waals surface area contributed by atoms with Crippen molar-refractivity contribution in [3.8, 4) is 17.6 Å². The molecule has 2 aromatic carbocycles. The maximum Gasteiger partial charge on any atom is 0.161 e. The van der Waals surface area contributed by atoms with Crippen molar-refractivity contribution in [2.24, 2.45) is 0 Å². The van der Waals surface area contributed by atoms with E-state index in [2.05, 4.69) is 6.07 Å². The van der Waals surface area contributed by atoms with Crippen LogP contribution in [0.5, 0.6) is 11.5 Å². The minimum Gasteiger partial charge on any atom is -0.486 e. The molecule has 0 radical (unpaired) electrons. The molecule has 0 aliphatic carbocycles. The third kappa shape index (κ3) is 2.97. The smallest absolute Gasteiger partial charge is 0.161 e. The summed E-state index contributed by atoms with van der Waals surface area (Å²) < 4.78 is 24.2. The lowest BCUT2D eigenvalue weighted by atomic mass is 9.93. The van der Waals surface area contributed by atoms with Gasteiger partial charge in [0.2, 0.25) is 0 Å². The fraction of sp³-hybridized carbons (Fsp3) is 0.235. The van der Waals surface area contributed by atoms with Crippen LogP contribution in [0.1, 0.15) is 17.0 Å². The van der Waals surface area contributed by atoms with Crippen LogP contribution in [0.15, 0.2) is 42.5 Å². The minimum absolute atomic E-state index is 0.286. The topological polar surface area (TPSA) is 42.2 Å². The minimum atomic E-state index is -0.345. The van der Waals surface area contributed by atoms with E-state index in [9.17, 15) is 9.65 Å². The standard InChI is InChI=1S/C17H14FNO2/c18-15-3-1-2-12(9-15)8-14(11-19)13-4-5-16-17(10-13)21-7-6-20-16/h1-5,9-10,14H,6-8H2. The Morgan fingerprint density at radius 1 is 1.10 bits per heavy atom. The van der Waals surface area contributed by atoms with Gasteiger partial charge in [-0.2, -0.15) is 5.26 Å². The molecule has 0 spiro atoms. The number of hydrogen-bond acceptors (Lipinski definition) is 3. The van der Waals surface area contributed by atoms with Crippen LogP contribution in [0.4, 0.5) is 4.39 Å². The molecule has 1 aliphatic rings. The zero-order chi connectivity index (χ0) is 14.7. The van der Waals surface area contributed by atoms with Crippen molar-refractivity contribution in [2.45, 2.75) is 12.3 Å². The zero-order valence-corrected chi connectivity index (χ0v) is 11.4. The first kappa shape index (κ1) is 13.4. The van der Waals surface area contributed by atoms with Crippen molar-refractivity contribution < 1.29 is 13.9 Å². The van der Waals surface area contributed by atoms with Crippen molar-refractivity contribution in [1.29, 1.82) is 5.26 Å². The molecule has 0 saturated carbocycles. The molecule has 1 aliphatic heterocycles. The second kappa shape index (κ2) is 5.84. The summed E-state index contributed by atoms with van der Waals surface area (Å²) in [5.74, 6) is 0.736. The highest BCUT2D eigenvalue weighted by molar-refractivity contribution is 5.46. The maximum atomic E-state index is 13.2. The molecule has 21 heavy (non-hydrogen) atoms. The molecule has 2 aromatic rings. The predicted octanol–water partition coefficient (Wildman–Crippen LogP) is 3.45. The number of nitriles is 1. The summed E-state index contributed by atoms with van der Waals surface area (Å²) in [6.45, 7) is 1.05. The van der Waals surface area contributed by atoms with Crippen molar-refractivity contribution in [2.75, 3.05) is 13.2 Å². The second-order valence-corrected chi connectivity index (χ2v) is 4.92. The second-order valence-electron chi connectivity index (χ2n) is 4.92. The highest BCUT2D eigenvalue weighted by Crippen LogP contribution is 2.33. The summed E-state index contributed by atoms with van der Waals surface area (Å²) in [5.41, 5.74) is 1.66. The lowest BCUT2D eigenvalue weighted by Crippen LogP contribution is -2.15. The van der Waals surface area contributed by atoms with Gasteiger partial charge in [0.05, 0.1) is 12.0 Å². The zero-order valence-electron chi connectivity index (χ0n) is 11.4. The number of ether oxygens (including phenoxy) is 2. The Bertz CT molecular complexity index is 693. The molecule has 3 rings (SSSR count). The number of fused-ring (bicyclic) bond motifs is 1.